The van der Waals surface area contributed by atoms with Crippen molar-refractivity contribution >= 4 is 0 Å². The molecule has 1 fully saturated rings. The molecule has 0 aromatic heterocycles. The second kappa shape index (κ2) is 4.77. The lowest BCUT2D eigenvalue weighted by Crippen LogP contribution is -2.40. The molecule has 1 aromatic rings. The van der Waals surface area contributed by atoms with Crippen LogP contribution in [-0.2, 0) is 4.84 Å². The van der Waals surface area contributed by atoms with E-state index >= 15 is 0 Å². The van der Waals surface area contributed by atoms with Crippen LogP contribution in [0.3, 0.4) is 0 Å². The van der Waals surface area contributed by atoms with Gasteiger partial charge in [0.05, 0.1) is 6.04 Å². The van der Waals surface area contributed by atoms with E-state index < -0.39 is 0 Å². The van der Waals surface area contributed by atoms with E-state index in [1.54, 1.807) is 0 Å². The summed E-state index contributed by atoms with van der Waals surface area (Å²) in [6, 6.07) is 11.0. The Kier molecular flexibility index (Phi) is 3.23. The van der Waals surface area contributed by atoms with Crippen LogP contribution in [0.25, 0.3) is 0 Å². The SMILES string of the molecule is CC(C)(C)N1O[C@H]2CCCC=C2[C@H]1c1ccccc1. The fourth-order valence-corrected chi connectivity index (χ4v) is 3.11. The molecular weight excluding hydrogens is 234 g/mol. The molecule has 3 rings (SSSR count). The van der Waals surface area contributed by atoms with E-state index in [1.807, 2.05) is 0 Å². The molecule has 0 amide bonds. The summed E-state index contributed by atoms with van der Waals surface area (Å²) in [5.41, 5.74) is 2.82. The van der Waals surface area contributed by atoms with Gasteiger partial charge < -0.3 is 0 Å². The fraction of sp³-hybridized carbons (Fsp3) is 0.529. The maximum atomic E-state index is 6.26. The maximum Gasteiger partial charge on any atom is 0.102 e. The number of allylic oxidation sites excluding steroid dienone is 1. The molecule has 1 saturated heterocycles. The van der Waals surface area contributed by atoms with Crippen molar-refractivity contribution in [3.8, 4) is 0 Å². The smallest absolute Gasteiger partial charge is 0.102 e. The average molecular weight is 257 g/mol. The minimum absolute atomic E-state index is 0.0126. The van der Waals surface area contributed by atoms with Crippen LogP contribution in [0.5, 0.6) is 0 Å². The minimum atomic E-state index is 0.0126. The molecule has 1 aromatic carbocycles. The van der Waals surface area contributed by atoms with Crippen LogP contribution in [0, 0.1) is 0 Å². The Morgan fingerprint density at radius 1 is 1.16 bits per heavy atom. The van der Waals surface area contributed by atoms with Crippen LogP contribution in [0.15, 0.2) is 42.0 Å². The van der Waals surface area contributed by atoms with Gasteiger partial charge in [0.2, 0.25) is 0 Å². The van der Waals surface area contributed by atoms with Crippen molar-refractivity contribution in [1.29, 1.82) is 0 Å². The maximum absolute atomic E-state index is 6.26. The molecule has 19 heavy (non-hydrogen) atoms. The summed E-state index contributed by atoms with van der Waals surface area (Å²) in [5.74, 6) is 0. The summed E-state index contributed by atoms with van der Waals surface area (Å²) in [6.45, 7) is 6.67. The van der Waals surface area contributed by atoms with Gasteiger partial charge in [-0.05, 0) is 51.2 Å². The number of hydroxylamine groups is 2. The zero-order valence-electron chi connectivity index (χ0n) is 12.1. The van der Waals surface area contributed by atoms with E-state index in [1.165, 1.54) is 24.0 Å². The highest BCUT2D eigenvalue weighted by Gasteiger charge is 2.44. The first-order valence-electron chi connectivity index (χ1n) is 7.28. The Morgan fingerprint density at radius 3 is 2.58 bits per heavy atom. The first-order valence-corrected chi connectivity index (χ1v) is 7.28. The predicted molar refractivity (Wildman–Crippen MR) is 77.6 cm³/mol. The number of hydrogen-bond acceptors (Lipinski definition) is 2. The third-order valence-electron chi connectivity index (χ3n) is 3.99. The van der Waals surface area contributed by atoms with Gasteiger partial charge in [0.25, 0.3) is 0 Å². The zero-order chi connectivity index (χ0) is 13.5. The minimum Gasteiger partial charge on any atom is -0.290 e. The number of fused-ring (bicyclic) bond motifs is 1. The molecule has 1 heterocycles. The molecule has 2 heteroatoms. The highest BCUT2D eigenvalue weighted by Crippen LogP contribution is 2.46. The molecular formula is C17H23NO. The standard InChI is InChI=1S/C17H23NO/c1-17(2,3)18-16(13-9-5-4-6-10-13)14-11-7-8-12-15(14)19-18/h4-6,9-11,15-16H,7-8,12H2,1-3H3/t15-,16+/m0/s1. The van der Waals surface area contributed by atoms with Gasteiger partial charge in [0, 0.05) is 5.54 Å². The molecule has 2 atom stereocenters. The normalized spacial score (nSPS) is 28.1. The first kappa shape index (κ1) is 12.9. The number of rotatable bonds is 1. The second-order valence-corrected chi connectivity index (χ2v) is 6.54. The van der Waals surface area contributed by atoms with E-state index in [4.69, 9.17) is 4.84 Å². The van der Waals surface area contributed by atoms with Crippen molar-refractivity contribution in [3.63, 3.8) is 0 Å². The molecule has 1 aliphatic carbocycles. The first-order chi connectivity index (χ1) is 9.07. The van der Waals surface area contributed by atoms with Crippen LogP contribution in [0.1, 0.15) is 51.6 Å². The van der Waals surface area contributed by atoms with Gasteiger partial charge >= 0.3 is 0 Å². The van der Waals surface area contributed by atoms with E-state index in [2.05, 4.69) is 62.2 Å². The van der Waals surface area contributed by atoms with Gasteiger partial charge in [-0.3, -0.25) is 4.84 Å². The average Bonchev–Trinajstić information content (AvgIpc) is 2.79. The zero-order valence-corrected chi connectivity index (χ0v) is 12.1. The molecule has 0 unspecified atom stereocenters. The summed E-state index contributed by atoms with van der Waals surface area (Å²) in [7, 11) is 0. The van der Waals surface area contributed by atoms with Crippen LogP contribution in [0.2, 0.25) is 0 Å². The summed E-state index contributed by atoms with van der Waals surface area (Å²) >= 11 is 0. The van der Waals surface area contributed by atoms with Crippen LogP contribution in [-0.4, -0.2) is 16.7 Å². The monoisotopic (exact) mass is 257 g/mol. The highest BCUT2D eigenvalue weighted by atomic mass is 16.7. The van der Waals surface area contributed by atoms with Crippen molar-refractivity contribution < 1.29 is 4.84 Å². The predicted octanol–water partition coefficient (Wildman–Crippen LogP) is 4.25. The fourth-order valence-electron chi connectivity index (χ4n) is 3.11. The molecule has 2 nitrogen and oxygen atoms in total. The molecule has 0 bridgehead atoms. The van der Waals surface area contributed by atoms with E-state index in [0.717, 1.165) is 6.42 Å². The molecule has 0 radical (unpaired) electrons. The Bertz CT molecular complexity index is 472. The third kappa shape index (κ3) is 2.35. The van der Waals surface area contributed by atoms with E-state index in [0.29, 0.717) is 0 Å². The summed E-state index contributed by atoms with van der Waals surface area (Å²) in [6.07, 6.45) is 6.28. The third-order valence-corrected chi connectivity index (χ3v) is 3.99. The molecule has 2 aliphatic rings. The molecule has 0 spiro atoms. The number of nitrogens with zero attached hydrogens (tertiary/aromatic N) is 1. The van der Waals surface area contributed by atoms with Gasteiger partial charge in [-0.1, -0.05) is 36.4 Å². The Hall–Kier alpha value is -1.12. The van der Waals surface area contributed by atoms with Gasteiger partial charge in [-0.25, -0.2) is 0 Å². The quantitative estimate of drug-likeness (QED) is 0.697. The topological polar surface area (TPSA) is 12.5 Å². The van der Waals surface area contributed by atoms with Gasteiger partial charge in [0.15, 0.2) is 0 Å². The van der Waals surface area contributed by atoms with E-state index in [9.17, 15) is 0 Å². The highest BCUT2D eigenvalue weighted by molar-refractivity contribution is 5.33. The Balaban J connectivity index is 2.02. The molecule has 0 N–H and O–H groups in total. The van der Waals surface area contributed by atoms with Gasteiger partial charge in [-0.15, -0.1) is 0 Å². The molecule has 102 valence electrons. The lowest BCUT2D eigenvalue weighted by molar-refractivity contribution is -0.214. The lowest BCUT2D eigenvalue weighted by atomic mass is 9.87. The van der Waals surface area contributed by atoms with E-state index in [-0.39, 0.29) is 17.7 Å². The van der Waals surface area contributed by atoms with Gasteiger partial charge in [0.1, 0.15) is 6.10 Å². The summed E-state index contributed by atoms with van der Waals surface area (Å²) < 4.78 is 0. The van der Waals surface area contributed by atoms with Crippen molar-refractivity contribution in [2.75, 3.05) is 0 Å². The van der Waals surface area contributed by atoms with Crippen molar-refractivity contribution in [2.24, 2.45) is 0 Å². The Morgan fingerprint density at radius 2 is 1.89 bits per heavy atom. The lowest BCUT2D eigenvalue weighted by Gasteiger charge is -2.35. The van der Waals surface area contributed by atoms with Crippen molar-refractivity contribution in [3.05, 3.63) is 47.5 Å². The second-order valence-electron chi connectivity index (χ2n) is 6.54. The number of benzene rings is 1. The summed E-state index contributed by atoms with van der Waals surface area (Å²) in [4.78, 5) is 6.26. The molecule has 0 saturated carbocycles. The largest absolute Gasteiger partial charge is 0.290 e. The van der Waals surface area contributed by atoms with Crippen molar-refractivity contribution in [1.82, 2.24) is 5.06 Å². The summed E-state index contributed by atoms with van der Waals surface area (Å²) in [5, 5.41) is 2.20. The molecule has 1 aliphatic heterocycles. The van der Waals surface area contributed by atoms with Crippen LogP contribution in [0.4, 0.5) is 0 Å². The number of hydrogen-bond donors (Lipinski definition) is 0. The van der Waals surface area contributed by atoms with Gasteiger partial charge in [-0.2, -0.15) is 5.06 Å². The Labute approximate surface area is 116 Å². The van der Waals surface area contributed by atoms with Crippen LogP contribution >= 0.6 is 0 Å². The van der Waals surface area contributed by atoms with Crippen molar-refractivity contribution in [2.45, 2.75) is 57.7 Å². The van der Waals surface area contributed by atoms with Crippen LogP contribution < -0.4 is 0 Å².